The van der Waals surface area contributed by atoms with Crippen LogP contribution in [0.3, 0.4) is 0 Å². The number of aromatic nitrogens is 4. The molecule has 0 spiro atoms. The number of rotatable bonds is 6. The van der Waals surface area contributed by atoms with Crippen molar-refractivity contribution in [2.45, 2.75) is 32.9 Å². The van der Waals surface area contributed by atoms with Gasteiger partial charge in [0.1, 0.15) is 5.82 Å². The van der Waals surface area contributed by atoms with Crippen molar-refractivity contribution in [3.63, 3.8) is 0 Å². The van der Waals surface area contributed by atoms with Gasteiger partial charge in [0, 0.05) is 32.7 Å². The highest BCUT2D eigenvalue weighted by molar-refractivity contribution is 5.25. The van der Waals surface area contributed by atoms with Crippen LogP contribution in [-0.2, 0) is 6.54 Å². The van der Waals surface area contributed by atoms with Gasteiger partial charge in [0.2, 0.25) is 0 Å². The molecule has 1 fully saturated rings. The van der Waals surface area contributed by atoms with E-state index in [0.717, 1.165) is 50.5 Å². The van der Waals surface area contributed by atoms with Crippen LogP contribution in [0, 0.1) is 11.7 Å². The Hall–Kier alpha value is -1.86. The third-order valence-electron chi connectivity index (χ3n) is 4.81. The van der Waals surface area contributed by atoms with Crippen LogP contribution in [0.15, 0.2) is 24.3 Å². The summed E-state index contributed by atoms with van der Waals surface area (Å²) in [6, 6.07) is 6.68. The first-order valence-corrected chi connectivity index (χ1v) is 8.98. The molecule has 1 atom stereocenters. The molecule has 3 rings (SSSR count). The molecule has 0 saturated carbocycles. The number of nitrogens with zero attached hydrogens (tertiary/aromatic N) is 6. The number of benzene rings is 1. The Labute approximate surface area is 148 Å². The van der Waals surface area contributed by atoms with Crippen LogP contribution in [0.2, 0.25) is 0 Å². The number of likely N-dealkylation sites (N-methyl/N-ethyl adjacent to an activating group) is 1. The van der Waals surface area contributed by atoms with Crippen molar-refractivity contribution in [3.05, 3.63) is 41.5 Å². The van der Waals surface area contributed by atoms with E-state index in [-0.39, 0.29) is 11.9 Å². The molecular formula is C18H27FN6. The van der Waals surface area contributed by atoms with Gasteiger partial charge in [-0.3, -0.25) is 4.90 Å². The molecule has 2 aromatic rings. The molecule has 2 heterocycles. The highest BCUT2D eigenvalue weighted by Crippen LogP contribution is 2.28. The van der Waals surface area contributed by atoms with Crippen molar-refractivity contribution in [2.24, 2.45) is 5.92 Å². The molecule has 0 amide bonds. The summed E-state index contributed by atoms with van der Waals surface area (Å²) in [7, 11) is 2.14. The lowest BCUT2D eigenvalue weighted by Gasteiger charge is -2.37. The minimum atomic E-state index is -0.222. The maximum atomic E-state index is 13.4. The summed E-state index contributed by atoms with van der Waals surface area (Å²) in [6.45, 7) is 9.08. The van der Waals surface area contributed by atoms with Crippen LogP contribution in [-0.4, -0.2) is 63.2 Å². The third kappa shape index (κ3) is 4.41. The summed E-state index contributed by atoms with van der Waals surface area (Å²) < 4.78 is 15.3. The van der Waals surface area contributed by atoms with Crippen molar-refractivity contribution in [3.8, 4) is 0 Å². The summed E-state index contributed by atoms with van der Waals surface area (Å²) in [5.41, 5.74) is 1.03. The fourth-order valence-electron chi connectivity index (χ4n) is 3.20. The normalized spacial score (nSPS) is 18.0. The number of aryl methyl sites for hydroxylation is 1. The Balaban J connectivity index is 1.91. The monoisotopic (exact) mass is 346 g/mol. The van der Waals surface area contributed by atoms with Gasteiger partial charge in [-0.2, -0.15) is 0 Å². The van der Waals surface area contributed by atoms with Crippen molar-refractivity contribution < 1.29 is 4.39 Å². The molecule has 6 nitrogen and oxygen atoms in total. The minimum Gasteiger partial charge on any atom is -0.304 e. The highest BCUT2D eigenvalue weighted by Gasteiger charge is 2.29. The fourth-order valence-corrected chi connectivity index (χ4v) is 3.20. The average molecular weight is 346 g/mol. The van der Waals surface area contributed by atoms with Crippen molar-refractivity contribution in [1.82, 2.24) is 30.0 Å². The Kier molecular flexibility index (Phi) is 5.75. The van der Waals surface area contributed by atoms with E-state index in [0.29, 0.717) is 5.92 Å². The molecule has 0 radical (unpaired) electrons. The number of halogens is 1. The second kappa shape index (κ2) is 8.01. The second-order valence-electron chi connectivity index (χ2n) is 7.24. The molecule has 1 saturated heterocycles. The Bertz CT molecular complexity index is 660. The molecule has 1 aromatic heterocycles. The molecule has 1 aliphatic heterocycles. The smallest absolute Gasteiger partial charge is 0.173 e. The minimum absolute atomic E-state index is 0.0449. The van der Waals surface area contributed by atoms with E-state index in [1.165, 1.54) is 12.1 Å². The van der Waals surface area contributed by atoms with Gasteiger partial charge in [-0.25, -0.2) is 9.07 Å². The van der Waals surface area contributed by atoms with Crippen molar-refractivity contribution in [1.29, 1.82) is 0 Å². The van der Waals surface area contributed by atoms with Crippen LogP contribution in [0.5, 0.6) is 0 Å². The summed E-state index contributed by atoms with van der Waals surface area (Å²) in [4.78, 5) is 4.71. The summed E-state index contributed by atoms with van der Waals surface area (Å²) >= 11 is 0. The van der Waals surface area contributed by atoms with E-state index in [9.17, 15) is 4.39 Å². The largest absolute Gasteiger partial charge is 0.304 e. The molecule has 0 N–H and O–H groups in total. The van der Waals surface area contributed by atoms with Gasteiger partial charge in [-0.15, -0.1) is 5.10 Å². The number of tetrazole rings is 1. The fraction of sp³-hybridized carbons (Fsp3) is 0.611. The molecule has 1 unspecified atom stereocenters. The predicted molar refractivity (Wildman–Crippen MR) is 94.6 cm³/mol. The molecule has 25 heavy (non-hydrogen) atoms. The number of hydrogen-bond donors (Lipinski definition) is 0. The maximum absolute atomic E-state index is 13.4. The van der Waals surface area contributed by atoms with Gasteiger partial charge >= 0.3 is 0 Å². The zero-order valence-corrected chi connectivity index (χ0v) is 15.3. The Morgan fingerprint density at radius 3 is 2.40 bits per heavy atom. The molecule has 0 aliphatic carbocycles. The van der Waals surface area contributed by atoms with E-state index in [1.807, 2.05) is 16.8 Å². The maximum Gasteiger partial charge on any atom is 0.173 e. The van der Waals surface area contributed by atoms with Crippen LogP contribution in [0.4, 0.5) is 4.39 Å². The second-order valence-corrected chi connectivity index (χ2v) is 7.24. The first-order chi connectivity index (χ1) is 12.0. The van der Waals surface area contributed by atoms with Crippen LogP contribution >= 0.6 is 0 Å². The summed E-state index contributed by atoms with van der Waals surface area (Å²) in [6.07, 6.45) is 1.02. The third-order valence-corrected chi connectivity index (χ3v) is 4.81. The average Bonchev–Trinajstić information content (AvgIpc) is 3.05. The van der Waals surface area contributed by atoms with E-state index in [1.54, 1.807) is 0 Å². The van der Waals surface area contributed by atoms with Crippen LogP contribution < -0.4 is 0 Å². The first kappa shape index (κ1) is 17.9. The Morgan fingerprint density at radius 1 is 1.08 bits per heavy atom. The van der Waals surface area contributed by atoms with E-state index in [4.69, 9.17) is 0 Å². The zero-order chi connectivity index (χ0) is 17.8. The van der Waals surface area contributed by atoms with Gasteiger partial charge in [-0.05, 0) is 47.5 Å². The summed E-state index contributed by atoms with van der Waals surface area (Å²) in [5.74, 6) is 1.21. The lowest BCUT2D eigenvalue weighted by molar-refractivity contribution is 0.121. The first-order valence-electron chi connectivity index (χ1n) is 8.98. The molecule has 1 aliphatic rings. The van der Waals surface area contributed by atoms with Crippen LogP contribution in [0.25, 0.3) is 0 Å². The molecule has 0 bridgehead atoms. The topological polar surface area (TPSA) is 50.1 Å². The van der Waals surface area contributed by atoms with Gasteiger partial charge in [0.15, 0.2) is 5.82 Å². The van der Waals surface area contributed by atoms with Crippen LogP contribution in [0.1, 0.15) is 37.7 Å². The van der Waals surface area contributed by atoms with E-state index < -0.39 is 0 Å². The Morgan fingerprint density at radius 2 is 1.76 bits per heavy atom. The standard InChI is InChI=1S/C18H27FN6/c1-14(2)8-9-25-18(20-21-22-25)17(15-4-6-16(19)7-5-15)24-12-10-23(3)11-13-24/h4-7,14,17H,8-13H2,1-3H3. The lowest BCUT2D eigenvalue weighted by atomic mass is 10.0. The highest BCUT2D eigenvalue weighted by atomic mass is 19.1. The van der Waals surface area contributed by atoms with Gasteiger partial charge < -0.3 is 4.90 Å². The summed E-state index contributed by atoms with van der Waals surface area (Å²) in [5, 5.41) is 12.5. The van der Waals surface area contributed by atoms with E-state index >= 15 is 0 Å². The number of piperazine rings is 1. The molecule has 1 aromatic carbocycles. The number of hydrogen-bond acceptors (Lipinski definition) is 5. The molecule has 7 heteroatoms. The van der Waals surface area contributed by atoms with Gasteiger partial charge in [-0.1, -0.05) is 26.0 Å². The predicted octanol–water partition coefficient (Wildman–Crippen LogP) is 2.20. The molecular weight excluding hydrogens is 319 g/mol. The quantitative estimate of drug-likeness (QED) is 0.802. The zero-order valence-electron chi connectivity index (χ0n) is 15.3. The van der Waals surface area contributed by atoms with Gasteiger partial charge in [0.05, 0.1) is 6.04 Å². The van der Waals surface area contributed by atoms with E-state index in [2.05, 4.69) is 46.2 Å². The lowest BCUT2D eigenvalue weighted by Crippen LogP contribution is -2.46. The van der Waals surface area contributed by atoms with Gasteiger partial charge in [0.25, 0.3) is 0 Å². The van der Waals surface area contributed by atoms with Crippen molar-refractivity contribution in [2.75, 3.05) is 33.2 Å². The molecule has 136 valence electrons. The SMILES string of the molecule is CC(C)CCn1nnnc1C(c1ccc(F)cc1)N1CCN(C)CC1. The van der Waals surface area contributed by atoms with Crippen molar-refractivity contribution >= 4 is 0 Å².